The molecule has 7 nitrogen and oxygen atoms in total. The SMILES string of the molecule is CCCC(CCC)OC(=O)O[C@@]1(C(=O)OCF)[C@H](C)C[C@H]2[C@@H]3C[C@H](F)C4=CC(=O)C=C[C@]4(C)C3(F)[C@@H](O)C[C@@]21C. The summed E-state index contributed by atoms with van der Waals surface area (Å²) in [6.45, 7) is 7.10. The van der Waals surface area contributed by atoms with Gasteiger partial charge in [0.05, 0.1) is 6.10 Å². The number of aliphatic hydroxyl groups excluding tert-OH is 1. The number of hydrogen-bond donors (Lipinski definition) is 1. The number of ketones is 1. The van der Waals surface area contributed by atoms with E-state index in [1.807, 2.05) is 13.8 Å². The van der Waals surface area contributed by atoms with Crippen LogP contribution in [0.3, 0.4) is 0 Å². The lowest BCUT2D eigenvalue weighted by Crippen LogP contribution is -2.71. The number of esters is 1. The first kappa shape index (κ1) is 30.6. The molecule has 9 atom stereocenters. The number of carbonyl (C=O) groups is 3. The molecule has 40 heavy (non-hydrogen) atoms. The lowest BCUT2D eigenvalue weighted by molar-refractivity contribution is -0.235. The van der Waals surface area contributed by atoms with Crippen molar-refractivity contribution < 1.29 is 46.9 Å². The molecule has 0 heterocycles. The molecule has 0 aliphatic heterocycles. The molecule has 0 bridgehead atoms. The summed E-state index contributed by atoms with van der Waals surface area (Å²) in [6, 6.07) is 0. The second kappa shape index (κ2) is 10.8. The number of aliphatic hydroxyl groups is 1. The fourth-order valence-electron chi connectivity index (χ4n) is 8.57. The third-order valence-corrected chi connectivity index (χ3v) is 10.4. The number of hydrogen-bond acceptors (Lipinski definition) is 7. The molecule has 3 saturated carbocycles. The monoisotopic (exact) mass is 570 g/mol. The van der Waals surface area contributed by atoms with Gasteiger partial charge in [-0.2, -0.15) is 0 Å². The van der Waals surface area contributed by atoms with Crippen molar-refractivity contribution >= 4 is 17.9 Å². The zero-order valence-electron chi connectivity index (χ0n) is 23.9. The maximum atomic E-state index is 17.4. The Labute approximate surface area is 233 Å². The molecule has 4 aliphatic rings. The van der Waals surface area contributed by atoms with Gasteiger partial charge in [0.15, 0.2) is 11.5 Å². The lowest BCUT2D eigenvalue weighted by atomic mass is 9.44. The van der Waals surface area contributed by atoms with Crippen molar-refractivity contribution in [3.8, 4) is 0 Å². The number of ether oxygens (including phenoxy) is 3. The second-order valence-electron chi connectivity index (χ2n) is 12.4. The van der Waals surface area contributed by atoms with E-state index in [0.29, 0.717) is 12.8 Å². The molecule has 0 aromatic heterocycles. The minimum absolute atomic E-state index is 0.0201. The summed E-state index contributed by atoms with van der Waals surface area (Å²) in [6.07, 6.45) is 0.730. The molecule has 1 unspecified atom stereocenters. The van der Waals surface area contributed by atoms with Crippen molar-refractivity contribution in [2.75, 3.05) is 6.86 Å². The van der Waals surface area contributed by atoms with Crippen LogP contribution in [-0.4, -0.2) is 59.5 Å². The van der Waals surface area contributed by atoms with Crippen LogP contribution < -0.4 is 0 Å². The highest BCUT2D eigenvalue weighted by molar-refractivity contribution is 6.01. The van der Waals surface area contributed by atoms with Crippen LogP contribution in [0.15, 0.2) is 23.8 Å². The predicted molar refractivity (Wildman–Crippen MR) is 139 cm³/mol. The van der Waals surface area contributed by atoms with Gasteiger partial charge in [0.2, 0.25) is 12.5 Å². The Kier molecular flexibility index (Phi) is 8.26. The fraction of sp³-hybridized carbons (Fsp3) is 0.767. The molecule has 0 spiro atoms. The van der Waals surface area contributed by atoms with Gasteiger partial charge in [0, 0.05) is 22.7 Å². The Hall–Kier alpha value is -2.36. The van der Waals surface area contributed by atoms with Gasteiger partial charge in [-0.15, -0.1) is 0 Å². The highest BCUT2D eigenvalue weighted by atomic mass is 19.1. The molecule has 224 valence electrons. The average Bonchev–Trinajstić information content (AvgIpc) is 3.09. The summed E-state index contributed by atoms with van der Waals surface area (Å²) in [4.78, 5) is 38.8. The van der Waals surface area contributed by atoms with Crippen LogP contribution in [0.25, 0.3) is 0 Å². The Bertz CT molecular complexity index is 1090. The summed E-state index contributed by atoms with van der Waals surface area (Å²) in [7, 11) is 0. The van der Waals surface area contributed by atoms with Crippen LogP contribution in [0.5, 0.6) is 0 Å². The molecule has 10 heteroatoms. The molecule has 4 aliphatic carbocycles. The van der Waals surface area contributed by atoms with Gasteiger partial charge in [0.25, 0.3) is 0 Å². The molecular weight excluding hydrogens is 529 g/mol. The van der Waals surface area contributed by atoms with Gasteiger partial charge in [-0.25, -0.2) is 22.8 Å². The molecule has 3 fully saturated rings. The predicted octanol–water partition coefficient (Wildman–Crippen LogP) is 5.88. The fourth-order valence-corrected chi connectivity index (χ4v) is 8.57. The van der Waals surface area contributed by atoms with E-state index in [0.717, 1.165) is 18.9 Å². The zero-order chi connectivity index (χ0) is 29.7. The van der Waals surface area contributed by atoms with Crippen LogP contribution in [0.4, 0.5) is 18.0 Å². The summed E-state index contributed by atoms with van der Waals surface area (Å²) < 4.78 is 62.8. The van der Waals surface area contributed by atoms with E-state index in [1.165, 1.54) is 19.1 Å². The number of halogens is 3. The standard InChI is InChI=1S/C30H41F3O7/c1-6-8-19(9-7-2)39-26(37)40-30(25(36)38-16-31)17(3)12-20-21-14-23(32)22-13-18(34)10-11-27(22,4)29(21,33)24(35)15-28(20,30)5/h10-11,13,17,19-21,23-24,35H,6-9,12,14-16H2,1-5H3/t17-,20+,21+,23+,24+,27+,28+,29?,30-/m1/s1. The third-order valence-electron chi connectivity index (χ3n) is 10.4. The van der Waals surface area contributed by atoms with E-state index in [4.69, 9.17) is 14.2 Å². The summed E-state index contributed by atoms with van der Waals surface area (Å²) in [5.74, 6) is -4.24. The largest absolute Gasteiger partial charge is 0.509 e. The lowest BCUT2D eigenvalue weighted by Gasteiger charge is -2.62. The highest BCUT2D eigenvalue weighted by Gasteiger charge is 2.79. The van der Waals surface area contributed by atoms with E-state index in [-0.39, 0.29) is 24.8 Å². The number of fused-ring (bicyclic) bond motifs is 5. The van der Waals surface area contributed by atoms with Crippen molar-refractivity contribution in [2.45, 2.75) is 109 Å². The van der Waals surface area contributed by atoms with Gasteiger partial charge >= 0.3 is 12.1 Å². The molecule has 0 amide bonds. The normalized spacial score (nSPS) is 42.0. The minimum atomic E-state index is -2.38. The van der Waals surface area contributed by atoms with Crippen LogP contribution >= 0.6 is 0 Å². The minimum Gasteiger partial charge on any atom is -0.431 e. The quantitative estimate of drug-likeness (QED) is 0.364. The van der Waals surface area contributed by atoms with Gasteiger partial charge in [-0.1, -0.05) is 46.6 Å². The van der Waals surface area contributed by atoms with E-state index in [1.54, 1.807) is 13.8 Å². The van der Waals surface area contributed by atoms with Crippen LogP contribution in [-0.2, 0) is 23.8 Å². The zero-order valence-corrected chi connectivity index (χ0v) is 23.9. The number of carbonyl (C=O) groups excluding carboxylic acids is 3. The van der Waals surface area contributed by atoms with E-state index >= 15 is 8.78 Å². The molecule has 0 saturated heterocycles. The van der Waals surface area contributed by atoms with Gasteiger partial charge in [-0.3, -0.25) is 4.79 Å². The van der Waals surface area contributed by atoms with E-state index < -0.39 is 83.0 Å². The van der Waals surface area contributed by atoms with Gasteiger partial charge in [0.1, 0.15) is 12.3 Å². The molecule has 4 rings (SSSR count). The Morgan fingerprint density at radius 1 is 1.15 bits per heavy atom. The summed E-state index contributed by atoms with van der Waals surface area (Å²) in [5.41, 5.74) is -7.55. The molecular formula is C30H41F3O7. The van der Waals surface area contributed by atoms with E-state index in [2.05, 4.69) is 0 Å². The maximum Gasteiger partial charge on any atom is 0.509 e. The number of alkyl halides is 3. The van der Waals surface area contributed by atoms with Crippen LogP contribution in [0.2, 0.25) is 0 Å². The van der Waals surface area contributed by atoms with Crippen molar-refractivity contribution in [3.05, 3.63) is 23.8 Å². The van der Waals surface area contributed by atoms with Gasteiger partial charge < -0.3 is 19.3 Å². The topological polar surface area (TPSA) is 99.1 Å². The highest BCUT2D eigenvalue weighted by Crippen LogP contribution is 2.71. The average molecular weight is 571 g/mol. The van der Waals surface area contributed by atoms with Crippen LogP contribution in [0.1, 0.15) is 79.6 Å². The number of allylic oxidation sites excluding steroid dienone is 4. The van der Waals surface area contributed by atoms with Crippen molar-refractivity contribution in [1.29, 1.82) is 0 Å². The first-order valence-corrected chi connectivity index (χ1v) is 14.4. The Morgan fingerprint density at radius 2 is 1.80 bits per heavy atom. The van der Waals surface area contributed by atoms with Gasteiger partial charge in [-0.05, 0) is 62.7 Å². The van der Waals surface area contributed by atoms with E-state index in [9.17, 15) is 23.9 Å². The molecule has 1 N–H and O–H groups in total. The first-order chi connectivity index (χ1) is 18.8. The number of rotatable bonds is 8. The molecule has 0 aromatic carbocycles. The maximum absolute atomic E-state index is 17.4. The third kappa shape index (κ3) is 4.22. The summed E-state index contributed by atoms with van der Waals surface area (Å²) in [5, 5.41) is 11.5. The van der Waals surface area contributed by atoms with Crippen molar-refractivity contribution in [2.24, 2.45) is 28.6 Å². The molecule has 0 radical (unpaired) electrons. The van der Waals surface area contributed by atoms with Crippen LogP contribution in [0, 0.1) is 28.6 Å². The summed E-state index contributed by atoms with van der Waals surface area (Å²) >= 11 is 0. The Balaban J connectivity index is 1.78. The second-order valence-corrected chi connectivity index (χ2v) is 12.4. The smallest absolute Gasteiger partial charge is 0.431 e. The van der Waals surface area contributed by atoms with Crippen molar-refractivity contribution in [1.82, 2.24) is 0 Å². The van der Waals surface area contributed by atoms with Crippen molar-refractivity contribution in [3.63, 3.8) is 0 Å². The first-order valence-electron chi connectivity index (χ1n) is 14.4. The molecule has 0 aromatic rings. The Morgan fingerprint density at radius 3 is 2.40 bits per heavy atom.